The second-order valence-electron chi connectivity index (χ2n) is 4.51. The largest absolute Gasteiger partial charge is 0.317 e. The molecule has 4 heteroatoms. The Morgan fingerprint density at radius 1 is 1.47 bits per heavy atom. The van der Waals surface area contributed by atoms with Crippen LogP contribution in [0.5, 0.6) is 0 Å². The summed E-state index contributed by atoms with van der Waals surface area (Å²) in [6, 6.07) is 2.71. The number of nitrogens with one attached hydrogen (secondary N) is 1. The van der Waals surface area contributed by atoms with Crippen molar-refractivity contribution in [3.8, 4) is 0 Å². The van der Waals surface area contributed by atoms with Crippen LogP contribution in [0.25, 0.3) is 0 Å². The van der Waals surface area contributed by atoms with Crippen molar-refractivity contribution in [3.63, 3.8) is 0 Å². The van der Waals surface area contributed by atoms with E-state index in [2.05, 4.69) is 22.1 Å². The van der Waals surface area contributed by atoms with Crippen LogP contribution in [0.2, 0.25) is 5.02 Å². The van der Waals surface area contributed by atoms with Crippen molar-refractivity contribution in [2.75, 3.05) is 19.6 Å². The van der Waals surface area contributed by atoms with Crippen LogP contribution in [-0.2, 0) is 6.54 Å². The fraction of sp³-hybridized carbons (Fsp3) is 0.615. The number of nitrogens with zero attached hydrogens (tertiary/aromatic N) is 2. The molecule has 2 heterocycles. The number of halogens is 1. The molecule has 2 rings (SSSR count). The summed E-state index contributed by atoms with van der Waals surface area (Å²) in [4.78, 5) is 6.55. The van der Waals surface area contributed by atoms with E-state index in [9.17, 15) is 0 Å². The van der Waals surface area contributed by atoms with Crippen LogP contribution < -0.4 is 5.32 Å². The van der Waals surface area contributed by atoms with Gasteiger partial charge in [0.2, 0.25) is 0 Å². The minimum Gasteiger partial charge on any atom is -0.317 e. The van der Waals surface area contributed by atoms with E-state index in [0.717, 1.165) is 31.2 Å². The predicted octanol–water partition coefficient (Wildman–Crippen LogP) is 2.31. The molecule has 0 bridgehead atoms. The van der Waals surface area contributed by atoms with Crippen LogP contribution in [0.4, 0.5) is 0 Å². The molecule has 0 unspecified atom stereocenters. The summed E-state index contributed by atoms with van der Waals surface area (Å²) < 4.78 is 0. The van der Waals surface area contributed by atoms with Crippen molar-refractivity contribution >= 4 is 11.6 Å². The van der Waals surface area contributed by atoms with Crippen LogP contribution >= 0.6 is 11.6 Å². The minimum absolute atomic E-state index is 0.686. The molecule has 0 amide bonds. The number of hydrogen-bond donors (Lipinski definition) is 1. The first-order chi connectivity index (χ1) is 8.31. The summed E-state index contributed by atoms with van der Waals surface area (Å²) in [5.41, 5.74) is 1.18. The first-order valence-electron chi connectivity index (χ1n) is 6.34. The third-order valence-corrected chi connectivity index (χ3v) is 3.80. The van der Waals surface area contributed by atoms with Gasteiger partial charge >= 0.3 is 0 Å². The predicted molar refractivity (Wildman–Crippen MR) is 71.2 cm³/mol. The maximum atomic E-state index is 6.16. The monoisotopic (exact) mass is 253 g/mol. The molecule has 1 N–H and O–H groups in total. The summed E-state index contributed by atoms with van der Waals surface area (Å²) in [6.45, 7) is 6.49. The van der Waals surface area contributed by atoms with Gasteiger partial charge in [-0.1, -0.05) is 18.5 Å². The van der Waals surface area contributed by atoms with Crippen LogP contribution in [0.1, 0.15) is 25.3 Å². The van der Waals surface area contributed by atoms with Gasteiger partial charge in [-0.25, -0.2) is 0 Å². The zero-order valence-corrected chi connectivity index (χ0v) is 11.1. The Labute approximate surface area is 108 Å². The molecule has 1 aromatic heterocycles. The average Bonchev–Trinajstić information content (AvgIpc) is 2.39. The second kappa shape index (κ2) is 6.34. The average molecular weight is 254 g/mol. The van der Waals surface area contributed by atoms with Gasteiger partial charge in [-0.2, -0.15) is 0 Å². The first kappa shape index (κ1) is 12.8. The Bertz CT molecular complexity index is 350. The Morgan fingerprint density at radius 2 is 2.24 bits per heavy atom. The number of piperidine rings is 1. The Morgan fingerprint density at radius 3 is 2.88 bits per heavy atom. The molecule has 17 heavy (non-hydrogen) atoms. The van der Waals surface area contributed by atoms with E-state index in [1.807, 2.05) is 12.3 Å². The molecule has 0 spiro atoms. The zero-order chi connectivity index (χ0) is 12.1. The second-order valence-corrected chi connectivity index (χ2v) is 4.92. The highest BCUT2D eigenvalue weighted by Gasteiger charge is 2.20. The molecular formula is C13H20ClN3. The number of hydrogen-bond acceptors (Lipinski definition) is 3. The molecule has 0 aliphatic carbocycles. The molecule has 0 atom stereocenters. The standard InChI is InChI=1S/C13H20ClN3/c1-2-17(12-4-7-15-8-5-12)10-11-3-6-16-9-13(11)14/h3,6,9,12,15H,2,4-5,7-8,10H2,1H3. The summed E-state index contributed by atoms with van der Waals surface area (Å²) in [6.07, 6.45) is 6.01. The Kier molecular flexibility index (Phi) is 4.77. The molecule has 1 aliphatic heterocycles. The van der Waals surface area contributed by atoms with Crippen LogP contribution in [0, 0.1) is 0 Å². The Hall–Kier alpha value is -0.640. The molecule has 0 radical (unpaired) electrons. The van der Waals surface area contributed by atoms with Gasteiger partial charge in [0.1, 0.15) is 0 Å². The van der Waals surface area contributed by atoms with E-state index in [4.69, 9.17) is 11.6 Å². The van der Waals surface area contributed by atoms with E-state index in [1.165, 1.54) is 18.4 Å². The minimum atomic E-state index is 0.686. The lowest BCUT2D eigenvalue weighted by Gasteiger charge is -2.34. The summed E-state index contributed by atoms with van der Waals surface area (Å²) in [5, 5.41) is 4.18. The number of rotatable bonds is 4. The van der Waals surface area contributed by atoms with Gasteiger partial charge in [-0.3, -0.25) is 9.88 Å². The SMILES string of the molecule is CCN(Cc1ccncc1Cl)C1CCNCC1. The summed E-state index contributed by atoms with van der Waals surface area (Å²) in [5.74, 6) is 0. The molecular weight excluding hydrogens is 234 g/mol. The van der Waals surface area contributed by atoms with Crippen molar-refractivity contribution in [1.82, 2.24) is 15.2 Å². The quantitative estimate of drug-likeness (QED) is 0.893. The Balaban J connectivity index is 2.01. The molecule has 1 aromatic rings. The fourth-order valence-electron chi connectivity index (χ4n) is 2.42. The van der Waals surface area contributed by atoms with Crippen molar-refractivity contribution in [3.05, 3.63) is 29.0 Å². The van der Waals surface area contributed by atoms with E-state index in [0.29, 0.717) is 6.04 Å². The zero-order valence-electron chi connectivity index (χ0n) is 10.3. The van der Waals surface area contributed by atoms with E-state index >= 15 is 0 Å². The van der Waals surface area contributed by atoms with Crippen LogP contribution in [0.3, 0.4) is 0 Å². The number of pyridine rings is 1. The fourth-order valence-corrected chi connectivity index (χ4v) is 2.60. The summed E-state index contributed by atoms with van der Waals surface area (Å²) in [7, 11) is 0. The molecule has 1 fully saturated rings. The van der Waals surface area contributed by atoms with Crippen molar-refractivity contribution in [2.24, 2.45) is 0 Å². The van der Waals surface area contributed by atoms with Crippen molar-refractivity contribution in [1.29, 1.82) is 0 Å². The topological polar surface area (TPSA) is 28.2 Å². The maximum absolute atomic E-state index is 6.16. The van der Waals surface area contributed by atoms with Gasteiger partial charge in [-0.05, 0) is 44.1 Å². The van der Waals surface area contributed by atoms with Gasteiger partial charge < -0.3 is 5.32 Å². The third kappa shape index (κ3) is 3.41. The van der Waals surface area contributed by atoms with Gasteiger partial charge in [0.25, 0.3) is 0 Å². The normalized spacial score (nSPS) is 17.6. The van der Waals surface area contributed by atoms with Gasteiger partial charge in [0, 0.05) is 25.0 Å². The smallest absolute Gasteiger partial charge is 0.0634 e. The van der Waals surface area contributed by atoms with Crippen LogP contribution in [0.15, 0.2) is 18.5 Å². The van der Waals surface area contributed by atoms with E-state index in [-0.39, 0.29) is 0 Å². The van der Waals surface area contributed by atoms with Crippen molar-refractivity contribution in [2.45, 2.75) is 32.4 Å². The highest BCUT2D eigenvalue weighted by atomic mass is 35.5. The number of aromatic nitrogens is 1. The molecule has 3 nitrogen and oxygen atoms in total. The molecule has 0 aromatic carbocycles. The highest BCUT2D eigenvalue weighted by molar-refractivity contribution is 6.31. The highest BCUT2D eigenvalue weighted by Crippen LogP contribution is 2.19. The van der Waals surface area contributed by atoms with E-state index in [1.54, 1.807) is 6.20 Å². The summed E-state index contributed by atoms with van der Waals surface area (Å²) >= 11 is 6.16. The molecule has 94 valence electrons. The van der Waals surface area contributed by atoms with Gasteiger partial charge in [-0.15, -0.1) is 0 Å². The van der Waals surface area contributed by atoms with Crippen molar-refractivity contribution < 1.29 is 0 Å². The lowest BCUT2D eigenvalue weighted by molar-refractivity contribution is 0.162. The molecule has 1 aliphatic rings. The third-order valence-electron chi connectivity index (χ3n) is 3.46. The molecule has 1 saturated heterocycles. The van der Waals surface area contributed by atoms with E-state index < -0.39 is 0 Å². The van der Waals surface area contributed by atoms with Crippen LogP contribution in [-0.4, -0.2) is 35.6 Å². The molecule has 0 saturated carbocycles. The van der Waals surface area contributed by atoms with Gasteiger partial charge in [0.05, 0.1) is 5.02 Å². The lowest BCUT2D eigenvalue weighted by atomic mass is 10.0. The first-order valence-corrected chi connectivity index (χ1v) is 6.72. The lowest BCUT2D eigenvalue weighted by Crippen LogP contribution is -2.42. The van der Waals surface area contributed by atoms with Gasteiger partial charge in [0.15, 0.2) is 0 Å². The maximum Gasteiger partial charge on any atom is 0.0634 e.